The summed E-state index contributed by atoms with van der Waals surface area (Å²) in [7, 11) is 0. The van der Waals surface area contributed by atoms with Gasteiger partial charge in [-0.25, -0.2) is 20.0 Å². The Hall–Kier alpha value is -9.24. The Bertz CT molecular complexity index is 3630. The van der Waals surface area contributed by atoms with E-state index in [1.54, 1.807) is 0 Å². The first-order chi connectivity index (χ1) is 43.9. The van der Waals surface area contributed by atoms with Gasteiger partial charge in [0.05, 0.1) is 72.9 Å². The minimum atomic E-state index is 0.0999. The van der Waals surface area contributed by atoms with E-state index in [1.807, 2.05) is 79.7 Å². The molecule has 3 unspecified atom stereocenters. The first kappa shape index (κ1) is 65.7. The lowest BCUT2D eigenvalue weighted by Crippen LogP contribution is -2.07. The van der Waals surface area contributed by atoms with Gasteiger partial charge in [0.15, 0.2) is 0 Å². The molecule has 0 bridgehead atoms. The van der Waals surface area contributed by atoms with E-state index < -0.39 is 0 Å². The van der Waals surface area contributed by atoms with E-state index >= 15 is 0 Å². The van der Waals surface area contributed by atoms with Crippen molar-refractivity contribution in [3.05, 3.63) is 263 Å². The molecule has 0 aliphatic carbocycles. The summed E-state index contributed by atoms with van der Waals surface area (Å²) in [5.41, 5.74) is 12.4. The van der Waals surface area contributed by atoms with Crippen LogP contribution in [0.2, 0.25) is 0 Å². The van der Waals surface area contributed by atoms with Crippen molar-refractivity contribution in [1.29, 1.82) is 0 Å². The van der Waals surface area contributed by atoms with Crippen molar-refractivity contribution in [2.24, 2.45) is 20.0 Å². The van der Waals surface area contributed by atoms with Crippen LogP contribution in [-0.4, -0.2) is 74.1 Å². The Balaban J connectivity index is 0.829. The summed E-state index contributed by atoms with van der Waals surface area (Å²) in [4.78, 5) is 19.9. The lowest BCUT2D eigenvalue weighted by atomic mass is 9.99. The van der Waals surface area contributed by atoms with Crippen molar-refractivity contribution in [3.63, 3.8) is 0 Å². The van der Waals surface area contributed by atoms with Crippen LogP contribution in [0.15, 0.2) is 238 Å². The van der Waals surface area contributed by atoms with Crippen LogP contribution in [0.4, 0.5) is 0 Å². The van der Waals surface area contributed by atoms with E-state index in [1.165, 1.54) is 0 Å². The second-order valence-corrected chi connectivity index (χ2v) is 22.1. The van der Waals surface area contributed by atoms with E-state index in [4.69, 9.17) is 38.9 Å². The van der Waals surface area contributed by atoms with Gasteiger partial charge in [-0.15, -0.1) is 0 Å². The van der Waals surface area contributed by atoms with Gasteiger partial charge in [-0.3, -0.25) is 0 Å². The number of aliphatic imine (C=N–C) groups is 4. The number of nitrogens with zero attached hydrogens (tertiary/aromatic N) is 4. The van der Waals surface area contributed by atoms with Gasteiger partial charge in [0, 0.05) is 0 Å². The van der Waals surface area contributed by atoms with Crippen LogP contribution >= 0.6 is 0 Å². The van der Waals surface area contributed by atoms with Crippen molar-refractivity contribution in [1.82, 2.24) is 0 Å². The molecule has 0 radical (unpaired) electrons. The minimum absolute atomic E-state index is 0.0999. The van der Waals surface area contributed by atoms with Crippen molar-refractivity contribution < 1.29 is 18.9 Å². The standard InChI is InChI=1S/C81H88N4O4/c1-7-70(8-2)82-58-78(62-28-17-13-18-29-62)67-41-49-75(50-42-67)87-55-26-37-72(10-4)84-60-80(64-32-21-15-22-33-64)69-45-53-77(54-46-69)89-57-27-38-73(11-5)85-61-81(65-34-23-16-24-35-65)68-43-51-76(52-44-68)88-56-25-36-71(9-3)83-59-79(63-30-19-14-20-31-63)66-39-47-74(48-40-66)86-12-6/h13-24,28-35,39-54,70-73H,7-12,25-27,36-38,55-57H2,1-6H3. The molecule has 0 spiro atoms. The highest BCUT2D eigenvalue weighted by atomic mass is 16.5. The van der Waals surface area contributed by atoms with Crippen LogP contribution in [0.1, 0.15) is 157 Å². The smallest absolute Gasteiger partial charge is 0.119 e. The third-order valence-corrected chi connectivity index (χ3v) is 15.8. The van der Waals surface area contributed by atoms with Crippen LogP contribution in [0.3, 0.4) is 0 Å². The molecule has 0 aliphatic rings. The highest BCUT2D eigenvalue weighted by molar-refractivity contribution is 6.01. The van der Waals surface area contributed by atoms with Gasteiger partial charge in [-0.1, -0.05) is 156 Å². The third kappa shape index (κ3) is 21.0. The average molecular weight is 1180 g/mol. The van der Waals surface area contributed by atoms with Crippen molar-refractivity contribution in [2.75, 3.05) is 26.4 Å². The molecule has 8 heteroatoms. The van der Waals surface area contributed by atoms with Crippen molar-refractivity contribution in [3.8, 4) is 23.0 Å². The summed E-state index contributed by atoms with van der Waals surface area (Å²) in [6.45, 7) is 15.3. The summed E-state index contributed by atoms with van der Waals surface area (Å²) in [6, 6.07) is 75.2. The maximum absolute atomic E-state index is 6.33. The van der Waals surface area contributed by atoms with E-state index in [-0.39, 0.29) is 24.2 Å². The highest BCUT2D eigenvalue weighted by Gasteiger charge is 2.14. The monoisotopic (exact) mass is 1180 g/mol. The molecule has 0 N–H and O–H groups in total. The molecule has 8 rings (SSSR count). The Labute approximate surface area is 530 Å². The molecule has 8 aromatic carbocycles. The van der Waals surface area contributed by atoms with E-state index in [0.717, 1.165) is 160 Å². The zero-order chi connectivity index (χ0) is 62.1. The number of rotatable bonds is 34. The van der Waals surface area contributed by atoms with Crippen molar-refractivity contribution in [2.45, 2.75) is 136 Å². The molecule has 0 aliphatic heterocycles. The lowest BCUT2D eigenvalue weighted by molar-refractivity contribution is 0.301. The number of hydrogen-bond acceptors (Lipinski definition) is 8. The van der Waals surface area contributed by atoms with Gasteiger partial charge in [0.25, 0.3) is 0 Å². The van der Waals surface area contributed by atoms with Crippen LogP contribution < -0.4 is 18.9 Å². The molecule has 456 valence electrons. The second kappa shape index (κ2) is 36.8. The fourth-order valence-electron chi connectivity index (χ4n) is 10.3. The summed E-state index contributed by atoms with van der Waals surface area (Å²) in [5, 5.41) is 0. The van der Waals surface area contributed by atoms with Gasteiger partial charge in [-0.05, 0) is 243 Å². The molecule has 8 nitrogen and oxygen atoms in total. The predicted octanol–water partition coefficient (Wildman–Crippen LogP) is 19.6. The van der Waals surface area contributed by atoms with Gasteiger partial charge in [-0.2, -0.15) is 0 Å². The maximum atomic E-state index is 6.33. The van der Waals surface area contributed by atoms with Gasteiger partial charge >= 0.3 is 0 Å². The quantitative estimate of drug-likeness (QED) is 0.0297. The molecule has 0 saturated heterocycles. The molecule has 0 fully saturated rings. The third-order valence-electron chi connectivity index (χ3n) is 15.8. The first-order valence-corrected chi connectivity index (χ1v) is 32.3. The first-order valence-electron chi connectivity index (χ1n) is 32.3. The molecule has 8 aromatic rings. The van der Waals surface area contributed by atoms with Gasteiger partial charge < -0.3 is 18.9 Å². The van der Waals surface area contributed by atoms with Crippen LogP contribution in [0.5, 0.6) is 23.0 Å². The molecule has 3 atom stereocenters. The van der Waals surface area contributed by atoms with E-state index in [0.29, 0.717) is 26.4 Å². The van der Waals surface area contributed by atoms with Crippen LogP contribution in [0, 0.1) is 0 Å². The summed E-state index contributed by atoms with van der Waals surface area (Å²) >= 11 is 0. The minimum Gasteiger partial charge on any atom is -0.494 e. The predicted molar refractivity (Wildman–Crippen MR) is 373 cm³/mol. The molecule has 89 heavy (non-hydrogen) atoms. The molecule has 0 aromatic heterocycles. The van der Waals surface area contributed by atoms with Gasteiger partial charge in [0.2, 0.25) is 0 Å². The summed E-state index contributed by atoms with van der Waals surface area (Å²) in [5.74, 6) is 17.2. The number of ether oxygens (including phenoxy) is 4. The summed E-state index contributed by atoms with van der Waals surface area (Å²) in [6.07, 6.45) is 9.99. The zero-order valence-corrected chi connectivity index (χ0v) is 53.1. The topological polar surface area (TPSA) is 86.4 Å². The SMILES string of the molecule is CCOc1ccc(C(=C=NC(CC)CCCOc2ccc(C(=C=NC(CC)CCCOc3ccc(C(=C=NC(CC)CCCOc4ccc(C(=C=NC(CC)CC)c5ccccc5)cc4)c4ccccc4)cc3)c3ccccc3)cc2)c2ccccc2)cc1. The van der Waals surface area contributed by atoms with E-state index in [9.17, 15) is 0 Å². The Morgan fingerprint density at radius 3 is 0.708 bits per heavy atom. The number of hydrogen-bond donors (Lipinski definition) is 0. The average Bonchev–Trinajstić information content (AvgIpc) is 3.62. The summed E-state index contributed by atoms with van der Waals surface area (Å²) < 4.78 is 24.6. The molecule has 0 saturated carbocycles. The van der Waals surface area contributed by atoms with Crippen molar-refractivity contribution >= 4 is 45.8 Å². The molecular weight excluding hydrogens is 1090 g/mol. The Kier molecular flexibility index (Phi) is 27.2. The fraction of sp³-hybridized carbons (Fsp3) is 0.309. The normalized spacial score (nSPS) is 11.7. The molecular formula is C81H88N4O4. The van der Waals surface area contributed by atoms with Gasteiger partial charge in [0.1, 0.15) is 23.0 Å². The zero-order valence-electron chi connectivity index (χ0n) is 53.1. The fourth-order valence-corrected chi connectivity index (χ4v) is 10.3. The molecule has 0 amide bonds. The maximum Gasteiger partial charge on any atom is 0.119 e. The Morgan fingerprint density at radius 1 is 0.270 bits per heavy atom. The second-order valence-electron chi connectivity index (χ2n) is 22.1. The molecule has 0 heterocycles. The van der Waals surface area contributed by atoms with E-state index in [2.05, 4.69) is 204 Å². The highest BCUT2D eigenvalue weighted by Crippen LogP contribution is 2.29. The largest absolute Gasteiger partial charge is 0.494 e. The van der Waals surface area contributed by atoms with Crippen LogP contribution in [-0.2, 0) is 0 Å². The number of benzene rings is 8. The van der Waals surface area contributed by atoms with Crippen LogP contribution in [0.25, 0.3) is 22.3 Å². The lowest BCUT2D eigenvalue weighted by Gasteiger charge is -2.12. The Morgan fingerprint density at radius 2 is 0.483 bits per heavy atom.